The zero-order valence-electron chi connectivity index (χ0n) is 12.2. The zero-order valence-corrected chi connectivity index (χ0v) is 13.0. The van der Waals surface area contributed by atoms with E-state index in [1.165, 1.54) is 0 Å². The highest BCUT2D eigenvalue weighted by atomic mass is 35.5. The number of hydrogen-bond donors (Lipinski definition) is 2. The van der Waals surface area contributed by atoms with Gasteiger partial charge in [0.05, 0.1) is 31.5 Å². The SMILES string of the molecule is CCCC(O)C(O)CCc1cc(OC)c(Cl)cc1OC. The van der Waals surface area contributed by atoms with Crippen molar-refractivity contribution >= 4 is 11.6 Å². The molecule has 0 saturated carbocycles. The molecule has 0 amide bonds. The molecule has 5 heteroatoms. The van der Waals surface area contributed by atoms with Crippen LogP contribution in [0.2, 0.25) is 5.02 Å². The smallest absolute Gasteiger partial charge is 0.137 e. The summed E-state index contributed by atoms with van der Waals surface area (Å²) in [6, 6.07) is 3.50. The molecule has 1 rings (SSSR count). The van der Waals surface area contributed by atoms with E-state index in [1.807, 2.05) is 6.92 Å². The molecule has 2 N–H and O–H groups in total. The summed E-state index contributed by atoms with van der Waals surface area (Å²) >= 11 is 6.04. The van der Waals surface area contributed by atoms with Gasteiger partial charge in [0.25, 0.3) is 0 Å². The normalized spacial score (nSPS) is 13.9. The lowest BCUT2D eigenvalue weighted by atomic mass is 10.0. The Labute approximate surface area is 125 Å². The molecule has 4 nitrogen and oxygen atoms in total. The molecular weight excluding hydrogens is 280 g/mol. The van der Waals surface area contributed by atoms with Gasteiger partial charge in [-0.1, -0.05) is 24.9 Å². The van der Waals surface area contributed by atoms with Gasteiger partial charge in [0.15, 0.2) is 0 Å². The van der Waals surface area contributed by atoms with E-state index in [0.29, 0.717) is 35.8 Å². The van der Waals surface area contributed by atoms with Crippen molar-refractivity contribution in [2.75, 3.05) is 14.2 Å². The molecule has 2 atom stereocenters. The van der Waals surface area contributed by atoms with Crippen LogP contribution in [0.1, 0.15) is 31.7 Å². The van der Waals surface area contributed by atoms with E-state index < -0.39 is 12.2 Å². The Morgan fingerprint density at radius 2 is 1.65 bits per heavy atom. The van der Waals surface area contributed by atoms with Crippen LogP contribution in [-0.2, 0) is 6.42 Å². The maximum absolute atomic E-state index is 9.91. The Morgan fingerprint density at radius 1 is 1.05 bits per heavy atom. The summed E-state index contributed by atoms with van der Waals surface area (Å²) < 4.78 is 10.5. The number of aliphatic hydroxyl groups is 2. The van der Waals surface area contributed by atoms with E-state index in [1.54, 1.807) is 26.4 Å². The number of methoxy groups -OCH3 is 2. The number of aryl methyl sites for hydroxylation is 1. The van der Waals surface area contributed by atoms with Gasteiger partial charge in [-0.15, -0.1) is 0 Å². The van der Waals surface area contributed by atoms with Crippen LogP contribution in [-0.4, -0.2) is 36.6 Å². The van der Waals surface area contributed by atoms with E-state index in [0.717, 1.165) is 12.0 Å². The first-order valence-corrected chi connectivity index (χ1v) is 7.17. The summed E-state index contributed by atoms with van der Waals surface area (Å²) in [4.78, 5) is 0. The third kappa shape index (κ3) is 4.54. The van der Waals surface area contributed by atoms with E-state index in [4.69, 9.17) is 21.1 Å². The van der Waals surface area contributed by atoms with Crippen molar-refractivity contribution in [2.45, 2.75) is 44.8 Å². The van der Waals surface area contributed by atoms with Crippen molar-refractivity contribution < 1.29 is 19.7 Å². The predicted octanol–water partition coefficient (Wildman–Crippen LogP) is 2.81. The van der Waals surface area contributed by atoms with Crippen LogP contribution in [0.3, 0.4) is 0 Å². The van der Waals surface area contributed by atoms with Crippen LogP contribution in [0.4, 0.5) is 0 Å². The molecule has 20 heavy (non-hydrogen) atoms. The van der Waals surface area contributed by atoms with Crippen molar-refractivity contribution in [3.05, 3.63) is 22.7 Å². The maximum atomic E-state index is 9.91. The average Bonchev–Trinajstić information content (AvgIpc) is 2.45. The second kappa shape index (κ2) is 8.35. The molecule has 0 heterocycles. The standard InChI is InChI=1S/C15H23ClO4/c1-4-5-12(17)13(18)7-6-10-8-15(20-3)11(16)9-14(10)19-2/h8-9,12-13,17-18H,4-7H2,1-3H3. The second-order valence-corrected chi connectivity index (χ2v) is 5.17. The fourth-order valence-corrected chi connectivity index (χ4v) is 2.33. The van der Waals surface area contributed by atoms with Crippen molar-refractivity contribution in [3.63, 3.8) is 0 Å². The molecule has 0 fully saturated rings. The van der Waals surface area contributed by atoms with Crippen LogP contribution in [0.15, 0.2) is 12.1 Å². The first kappa shape index (κ1) is 17.1. The fourth-order valence-electron chi connectivity index (χ4n) is 2.10. The number of aliphatic hydroxyl groups excluding tert-OH is 2. The lowest BCUT2D eigenvalue weighted by Crippen LogP contribution is -2.26. The van der Waals surface area contributed by atoms with Crippen LogP contribution in [0.5, 0.6) is 11.5 Å². The Morgan fingerprint density at radius 3 is 2.20 bits per heavy atom. The van der Waals surface area contributed by atoms with E-state index in [-0.39, 0.29) is 0 Å². The van der Waals surface area contributed by atoms with Gasteiger partial charge < -0.3 is 19.7 Å². The molecule has 1 aromatic rings. The summed E-state index contributed by atoms with van der Waals surface area (Å²) in [6.45, 7) is 1.98. The molecule has 0 aliphatic carbocycles. The van der Waals surface area contributed by atoms with Gasteiger partial charge in [0.1, 0.15) is 11.5 Å². The molecule has 0 bridgehead atoms. The lowest BCUT2D eigenvalue weighted by Gasteiger charge is -2.18. The van der Waals surface area contributed by atoms with Gasteiger partial charge in [-0.3, -0.25) is 0 Å². The fraction of sp³-hybridized carbons (Fsp3) is 0.600. The summed E-state index contributed by atoms with van der Waals surface area (Å²) in [7, 11) is 3.13. The van der Waals surface area contributed by atoms with Crippen molar-refractivity contribution in [2.24, 2.45) is 0 Å². The number of hydrogen-bond acceptors (Lipinski definition) is 4. The minimum atomic E-state index is -0.735. The molecule has 2 unspecified atom stereocenters. The van der Waals surface area contributed by atoms with Crippen LogP contribution in [0, 0.1) is 0 Å². The molecule has 0 spiro atoms. The molecule has 0 aliphatic rings. The van der Waals surface area contributed by atoms with Gasteiger partial charge in [0.2, 0.25) is 0 Å². The Hall–Kier alpha value is -0.970. The molecule has 0 radical (unpaired) electrons. The minimum Gasteiger partial charge on any atom is -0.496 e. The second-order valence-electron chi connectivity index (χ2n) is 4.76. The first-order chi connectivity index (χ1) is 9.53. The number of rotatable bonds is 8. The number of ether oxygens (including phenoxy) is 2. The van der Waals surface area contributed by atoms with E-state index in [9.17, 15) is 10.2 Å². The van der Waals surface area contributed by atoms with E-state index >= 15 is 0 Å². The zero-order chi connectivity index (χ0) is 15.1. The molecule has 0 aromatic heterocycles. The summed E-state index contributed by atoms with van der Waals surface area (Å²) in [5.41, 5.74) is 0.900. The summed E-state index contributed by atoms with van der Waals surface area (Å²) in [5.74, 6) is 1.24. The summed E-state index contributed by atoms with van der Waals surface area (Å²) in [6.07, 6.45) is 1.07. The van der Waals surface area contributed by atoms with Crippen molar-refractivity contribution in [1.29, 1.82) is 0 Å². The highest BCUT2D eigenvalue weighted by molar-refractivity contribution is 6.32. The van der Waals surface area contributed by atoms with Crippen molar-refractivity contribution in [3.8, 4) is 11.5 Å². The average molecular weight is 303 g/mol. The van der Waals surface area contributed by atoms with Gasteiger partial charge in [0, 0.05) is 6.07 Å². The third-order valence-electron chi connectivity index (χ3n) is 3.29. The van der Waals surface area contributed by atoms with Crippen LogP contribution in [0.25, 0.3) is 0 Å². The minimum absolute atomic E-state index is 0.461. The lowest BCUT2D eigenvalue weighted by molar-refractivity contribution is 0.00973. The highest BCUT2D eigenvalue weighted by Crippen LogP contribution is 2.33. The predicted molar refractivity (Wildman–Crippen MR) is 79.8 cm³/mol. The van der Waals surface area contributed by atoms with Crippen molar-refractivity contribution in [1.82, 2.24) is 0 Å². The Balaban J connectivity index is 2.76. The number of benzene rings is 1. The number of halogens is 1. The highest BCUT2D eigenvalue weighted by Gasteiger charge is 2.17. The quantitative estimate of drug-likeness (QED) is 0.775. The van der Waals surface area contributed by atoms with Crippen LogP contribution < -0.4 is 9.47 Å². The van der Waals surface area contributed by atoms with E-state index in [2.05, 4.69) is 0 Å². The third-order valence-corrected chi connectivity index (χ3v) is 3.59. The summed E-state index contributed by atoms with van der Waals surface area (Å²) in [5, 5.41) is 20.1. The molecule has 0 saturated heterocycles. The van der Waals surface area contributed by atoms with Gasteiger partial charge in [-0.05, 0) is 30.9 Å². The Kier molecular flexibility index (Phi) is 7.13. The topological polar surface area (TPSA) is 58.9 Å². The molecular formula is C15H23ClO4. The Bertz CT molecular complexity index is 423. The molecule has 1 aromatic carbocycles. The van der Waals surface area contributed by atoms with Crippen LogP contribution >= 0.6 is 11.6 Å². The monoisotopic (exact) mass is 302 g/mol. The largest absolute Gasteiger partial charge is 0.496 e. The molecule has 114 valence electrons. The first-order valence-electron chi connectivity index (χ1n) is 6.80. The molecule has 0 aliphatic heterocycles. The maximum Gasteiger partial charge on any atom is 0.137 e. The van der Waals surface area contributed by atoms with Gasteiger partial charge in [-0.2, -0.15) is 0 Å². The van der Waals surface area contributed by atoms with Gasteiger partial charge in [-0.25, -0.2) is 0 Å². The van der Waals surface area contributed by atoms with Gasteiger partial charge >= 0.3 is 0 Å².